The largest absolute Gasteiger partial charge is 0.245 e. The number of aromatic nitrogens is 2. The van der Waals surface area contributed by atoms with Crippen molar-refractivity contribution in [2.45, 2.75) is 38.2 Å². The van der Waals surface area contributed by atoms with Crippen LogP contribution in [-0.4, -0.2) is 18.4 Å². The average molecular weight is 316 g/mol. The second-order valence-electron chi connectivity index (χ2n) is 4.20. The van der Waals surface area contributed by atoms with Gasteiger partial charge < -0.3 is 0 Å². The fourth-order valence-electron chi connectivity index (χ4n) is 1.66. The lowest BCUT2D eigenvalue weighted by molar-refractivity contribution is 0.593. The van der Waals surface area contributed by atoms with Crippen LogP contribution in [0, 0.1) is 0 Å². The zero-order valence-electron chi connectivity index (χ0n) is 10.9. The van der Waals surface area contributed by atoms with Crippen molar-refractivity contribution >= 4 is 32.5 Å². The van der Waals surface area contributed by atoms with E-state index in [1.807, 2.05) is 24.6 Å². The molecule has 0 unspecified atom stereocenters. The van der Waals surface area contributed by atoms with E-state index < -0.39 is 9.84 Å². The molecule has 0 atom stereocenters. The predicted octanol–water partition coefficient (Wildman–Crippen LogP) is 2.84. The summed E-state index contributed by atoms with van der Waals surface area (Å²) in [5, 5.41) is 5.61. The Labute approximate surface area is 121 Å². The Balaban J connectivity index is 2.05. The number of aryl methyl sites for hydroxylation is 2. The number of hydrogen-bond acceptors (Lipinski definition) is 6. The molecule has 0 amide bonds. The molecule has 4 nitrogen and oxygen atoms in total. The van der Waals surface area contributed by atoms with E-state index in [2.05, 4.69) is 9.97 Å². The molecule has 0 aliphatic heterocycles. The minimum absolute atomic E-state index is 0.00247. The quantitative estimate of drug-likeness (QED) is 0.822. The highest BCUT2D eigenvalue weighted by molar-refractivity contribution is 7.89. The van der Waals surface area contributed by atoms with Crippen LogP contribution < -0.4 is 0 Å². The summed E-state index contributed by atoms with van der Waals surface area (Å²) in [7, 11) is -3.19. The van der Waals surface area contributed by atoms with Crippen molar-refractivity contribution in [3.8, 4) is 0 Å². The molecule has 0 fully saturated rings. The Bertz CT molecular complexity index is 593. The summed E-state index contributed by atoms with van der Waals surface area (Å²) >= 11 is 3.03. The second kappa shape index (κ2) is 6.11. The molecule has 104 valence electrons. The molecule has 19 heavy (non-hydrogen) atoms. The third kappa shape index (κ3) is 4.09. The van der Waals surface area contributed by atoms with Gasteiger partial charge >= 0.3 is 0 Å². The molecule has 0 saturated carbocycles. The van der Waals surface area contributed by atoms with Crippen LogP contribution in [0.2, 0.25) is 0 Å². The molecule has 2 rings (SSSR count). The fraction of sp³-hybridized carbons (Fsp3) is 0.500. The van der Waals surface area contributed by atoms with E-state index in [0.29, 0.717) is 11.4 Å². The Morgan fingerprint density at radius 2 is 1.37 bits per heavy atom. The van der Waals surface area contributed by atoms with Gasteiger partial charge in [-0.15, -0.1) is 22.7 Å². The van der Waals surface area contributed by atoms with Crippen LogP contribution in [0.25, 0.3) is 0 Å². The first kappa shape index (κ1) is 14.6. The third-order valence-corrected chi connectivity index (χ3v) is 6.09. The van der Waals surface area contributed by atoms with Crippen molar-refractivity contribution in [3.63, 3.8) is 0 Å². The molecule has 2 heterocycles. The molecule has 0 aliphatic rings. The highest BCUT2D eigenvalue weighted by Crippen LogP contribution is 2.17. The lowest BCUT2D eigenvalue weighted by atomic mass is 10.5. The van der Waals surface area contributed by atoms with Gasteiger partial charge in [-0.05, 0) is 12.8 Å². The standard InChI is InChI=1S/C12H16N2O2S3/c1-3-11-13-9(5-17-11)7-19(15,16)8-10-6-18-12(4-2)14-10/h5-6H,3-4,7-8H2,1-2H3. The fourth-order valence-corrected chi connectivity index (χ4v) is 4.66. The minimum Gasteiger partial charge on any atom is -0.245 e. The third-order valence-electron chi connectivity index (χ3n) is 2.54. The van der Waals surface area contributed by atoms with Crippen molar-refractivity contribution in [1.82, 2.24) is 9.97 Å². The lowest BCUT2D eigenvalue weighted by Crippen LogP contribution is -2.08. The maximum absolute atomic E-state index is 12.1. The first-order valence-corrected chi connectivity index (χ1v) is 9.67. The van der Waals surface area contributed by atoms with Crippen molar-refractivity contribution < 1.29 is 8.42 Å². The van der Waals surface area contributed by atoms with Gasteiger partial charge in [0.15, 0.2) is 9.84 Å². The highest BCUT2D eigenvalue weighted by Gasteiger charge is 2.17. The van der Waals surface area contributed by atoms with Crippen LogP contribution in [0.3, 0.4) is 0 Å². The molecule has 0 radical (unpaired) electrons. The number of thiazole rings is 2. The van der Waals surface area contributed by atoms with Crippen molar-refractivity contribution in [3.05, 3.63) is 32.2 Å². The van der Waals surface area contributed by atoms with Gasteiger partial charge in [0.05, 0.1) is 32.9 Å². The van der Waals surface area contributed by atoms with Crippen molar-refractivity contribution in [2.75, 3.05) is 0 Å². The Kier molecular flexibility index (Phi) is 4.70. The van der Waals surface area contributed by atoms with Crippen LogP contribution in [-0.2, 0) is 34.2 Å². The maximum Gasteiger partial charge on any atom is 0.161 e. The van der Waals surface area contributed by atoms with E-state index in [1.165, 1.54) is 22.7 Å². The monoisotopic (exact) mass is 316 g/mol. The number of sulfone groups is 1. The van der Waals surface area contributed by atoms with Crippen LogP contribution >= 0.6 is 22.7 Å². The van der Waals surface area contributed by atoms with Crippen LogP contribution in [0.5, 0.6) is 0 Å². The summed E-state index contributed by atoms with van der Waals surface area (Å²) in [5.74, 6) is 0.00493. The van der Waals surface area contributed by atoms with Gasteiger partial charge in [-0.2, -0.15) is 0 Å². The molecular formula is C12H16N2O2S3. The van der Waals surface area contributed by atoms with E-state index in [4.69, 9.17) is 0 Å². The zero-order valence-corrected chi connectivity index (χ0v) is 13.4. The molecular weight excluding hydrogens is 300 g/mol. The summed E-state index contributed by atoms with van der Waals surface area (Å²) in [5.41, 5.74) is 1.29. The predicted molar refractivity (Wildman–Crippen MR) is 79.3 cm³/mol. The summed E-state index contributed by atoms with van der Waals surface area (Å²) in [6, 6.07) is 0. The van der Waals surface area contributed by atoms with Crippen LogP contribution in [0.15, 0.2) is 10.8 Å². The normalized spacial score (nSPS) is 11.9. The zero-order chi connectivity index (χ0) is 13.9. The Morgan fingerprint density at radius 1 is 0.947 bits per heavy atom. The lowest BCUT2D eigenvalue weighted by Gasteiger charge is -1.99. The smallest absolute Gasteiger partial charge is 0.161 e. The Hall–Kier alpha value is -0.790. The summed E-state index contributed by atoms with van der Waals surface area (Å²) in [6.45, 7) is 4.03. The van der Waals surface area contributed by atoms with E-state index in [-0.39, 0.29) is 11.5 Å². The van der Waals surface area contributed by atoms with Crippen molar-refractivity contribution in [1.29, 1.82) is 0 Å². The van der Waals surface area contributed by atoms with Gasteiger partial charge in [-0.3, -0.25) is 0 Å². The summed E-state index contributed by atoms with van der Waals surface area (Å²) < 4.78 is 24.2. The van der Waals surface area contributed by atoms with Gasteiger partial charge in [0.25, 0.3) is 0 Å². The summed E-state index contributed by atoms with van der Waals surface area (Å²) in [4.78, 5) is 8.60. The molecule has 7 heteroatoms. The summed E-state index contributed by atoms with van der Waals surface area (Å²) in [6.07, 6.45) is 1.69. The van der Waals surface area contributed by atoms with Gasteiger partial charge in [0.2, 0.25) is 0 Å². The number of nitrogens with zero attached hydrogens (tertiary/aromatic N) is 2. The molecule has 0 aliphatic carbocycles. The van der Waals surface area contributed by atoms with E-state index >= 15 is 0 Å². The molecule has 2 aromatic heterocycles. The van der Waals surface area contributed by atoms with Crippen LogP contribution in [0.4, 0.5) is 0 Å². The molecule has 2 aromatic rings. The highest BCUT2D eigenvalue weighted by atomic mass is 32.2. The van der Waals surface area contributed by atoms with Gasteiger partial charge in [0, 0.05) is 10.8 Å². The second-order valence-corrected chi connectivity index (χ2v) is 8.15. The van der Waals surface area contributed by atoms with Crippen LogP contribution in [0.1, 0.15) is 35.3 Å². The minimum atomic E-state index is -3.19. The first-order valence-electron chi connectivity index (χ1n) is 6.09. The molecule has 0 saturated heterocycles. The van der Waals surface area contributed by atoms with E-state index in [9.17, 15) is 8.42 Å². The topological polar surface area (TPSA) is 59.9 Å². The van der Waals surface area contributed by atoms with Gasteiger partial charge in [-0.1, -0.05) is 13.8 Å². The SMILES string of the molecule is CCc1nc(CS(=O)(=O)Cc2csc(CC)n2)cs1. The number of rotatable bonds is 6. The van der Waals surface area contributed by atoms with E-state index in [1.54, 1.807) is 0 Å². The Morgan fingerprint density at radius 3 is 1.68 bits per heavy atom. The van der Waals surface area contributed by atoms with Crippen molar-refractivity contribution in [2.24, 2.45) is 0 Å². The number of hydrogen-bond donors (Lipinski definition) is 0. The molecule has 0 spiro atoms. The maximum atomic E-state index is 12.1. The molecule has 0 N–H and O–H groups in total. The average Bonchev–Trinajstić information content (AvgIpc) is 2.97. The van der Waals surface area contributed by atoms with Gasteiger partial charge in [-0.25, -0.2) is 18.4 Å². The first-order chi connectivity index (χ1) is 9.02. The molecule has 0 bridgehead atoms. The van der Waals surface area contributed by atoms with Gasteiger partial charge in [0.1, 0.15) is 0 Å². The molecule has 0 aromatic carbocycles. The van der Waals surface area contributed by atoms with E-state index in [0.717, 1.165) is 22.9 Å².